The first-order valence-electron chi connectivity index (χ1n) is 7.11. The SMILES string of the molecule is O=[C]OC12CC3CC(CC(C3)C1C(=O)OCC(Cl)(Cl)Cl)C2. The van der Waals surface area contributed by atoms with Crippen molar-refractivity contribution in [3.63, 3.8) is 0 Å². The monoisotopic (exact) mass is 353 g/mol. The summed E-state index contributed by atoms with van der Waals surface area (Å²) in [5.74, 6) is 0.341. The van der Waals surface area contributed by atoms with Gasteiger partial charge in [-0.3, -0.25) is 4.79 Å². The number of rotatable bonds is 4. The zero-order chi connectivity index (χ0) is 15.3. The van der Waals surface area contributed by atoms with Crippen LogP contribution < -0.4 is 0 Å². The topological polar surface area (TPSA) is 52.6 Å². The van der Waals surface area contributed by atoms with Gasteiger partial charge in [-0.1, -0.05) is 34.8 Å². The van der Waals surface area contributed by atoms with Gasteiger partial charge in [-0.25, -0.2) is 4.79 Å². The van der Waals surface area contributed by atoms with E-state index in [-0.39, 0.29) is 12.5 Å². The van der Waals surface area contributed by atoms with Gasteiger partial charge in [0.15, 0.2) is 0 Å². The van der Waals surface area contributed by atoms with E-state index >= 15 is 0 Å². The van der Waals surface area contributed by atoms with Crippen LogP contribution >= 0.6 is 34.8 Å². The first-order chi connectivity index (χ1) is 9.83. The van der Waals surface area contributed by atoms with Gasteiger partial charge in [0.1, 0.15) is 12.2 Å². The molecule has 7 heteroatoms. The highest BCUT2D eigenvalue weighted by molar-refractivity contribution is 6.67. The lowest BCUT2D eigenvalue weighted by Gasteiger charge is -2.58. The Hall–Kier alpha value is -0.190. The van der Waals surface area contributed by atoms with E-state index in [1.807, 2.05) is 0 Å². The van der Waals surface area contributed by atoms with Crippen molar-refractivity contribution in [3.8, 4) is 0 Å². The minimum absolute atomic E-state index is 0.187. The third kappa shape index (κ3) is 2.99. The zero-order valence-corrected chi connectivity index (χ0v) is 13.6. The highest BCUT2D eigenvalue weighted by Gasteiger charge is 2.62. The fourth-order valence-corrected chi connectivity index (χ4v) is 5.01. The van der Waals surface area contributed by atoms with Crippen LogP contribution in [-0.4, -0.2) is 28.4 Å². The molecule has 0 N–H and O–H groups in total. The number of hydrogen-bond acceptors (Lipinski definition) is 4. The average molecular weight is 355 g/mol. The Kier molecular flexibility index (Phi) is 4.09. The maximum Gasteiger partial charge on any atom is 0.418 e. The molecular weight excluding hydrogens is 339 g/mol. The maximum atomic E-state index is 12.5. The molecule has 4 rings (SSSR count). The molecule has 0 spiro atoms. The molecule has 0 heterocycles. The minimum atomic E-state index is -1.63. The summed E-state index contributed by atoms with van der Waals surface area (Å²) in [4.78, 5) is 23.3. The Balaban J connectivity index is 1.79. The van der Waals surface area contributed by atoms with Crippen molar-refractivity contribution in [2.45, 2.75) is 41.5 Å². The maximum absolute atomic E-state index is 12.5. The highest BCUT2D eigenvalue weighted by Crippen LogP contribution is 2.60. The van der Waals surface area contributed by atoms with Gasteiger partial charge in [0, 0.05) is 0 Å². The lowest BCUT2D eigenvalue weighted by atomic mass is 9.49. The fraction of sp³-hybridized carbons (Fsp3) is 0.857. The largest absolute Gasteiger partial charge is 0.461 e. The van der Waals surface area contributed by atoms with Crippen LogP contribution in [0.25, 0.3) is 0 Å². The normalized spacial score (nSPS) is 40.9. The van der Waals surface area contributed by atoms with Gasteiger partial charge in [-0.2, -0.15) is 0 Å². The fourth-order valence-electron chi connectivity index (χ4n) is 4.85. The molecule has 4 fully saturated rings. The van der Waals surface area contributed by atoms with Gasteiger partial charge in [-0.15, -0.1) is 0 Å². The lowest BCUT2D eigenvalue weighted by molar-refractivity contribution is -0.193. The standard InChI is InChI=1S/C14H16Cl3O4/c15-14(16,17)6-20-12(19)11-10-2-8-1-9(3-10)5-13(11,4-8)21-7-18/h8-11H,1-6H2. The van der Waals surface area contributed by atoms with Gasteiger partial charge in [0.2, 0.25) is 3.79 Å². The summed E-state index contributed by atoms with van der Waals surface area (Å²) in [6.07, 6.45) is 4.55. The second kappa shape index (κ2) is 5.47. The van der Waals surface area contributed by atoms with Crippen LogP contribution in [-0.2, 0) is 19.1 Å². The van der Waals surface area contributed by atoms with Gasteiger partial charge in [0.25, 0.3) is 0 Å². The van der Waals surface area contributed by atoms with E-state index in [1.54, 1.807) is 6.47 Å². The molecular formula is C14H16Cl3O4. The number of hydrogen-bond donors (Lipinski definition) is 0. The summed E-state index contributed by atoms with van der Waals surface area (Å²) < 4.78 is 8.83. The van der Waals surface area contributed by atoms with E-state index in [4.69, 9.17) is 44.3 Å². The molecule has 4 saturated carbocycles. The summed E-state index contributed by atoms with van der Waals surface area (Å²) >= 11 is 16.9. The van der Waals surface area contributed by atoms with Crippen LogP contribution in [0.3, 0.4) is 0 Å². The molecule has 0 aromatic carbocycles. The van der Waals surface area contributed by atoms with E-state index in [9.17, 15) is 9.59 Å². The third-order valence-corrected chi connectivity index (χ3v) is 5.45. The molecule has 4 aliphatic carbocycles. The van der Waals surface area contributed by atoms with Gasteiger partial charge >= 0.3 is 12.4 Å². The molecule has 4 nitrogen and oxygen atoms in total. The van der Waals surface area contributed by atoms with E-state index in [0.717, 1.165) is 19.3 Å². The molecule has 4 bridgehead atoms. The first kappa shape index (κ1) is 15.7. The van der Waals surface area contributed by atoms with Crippen LogP contribution in [0.2, 0.25) is 0 Å². The predicted molar refractivity (Wildman–Crippen MR) is 77.8 cm³/mol. The van der Waals surface area contributed by atoms with Crippen molar-refractivity contribution < 1.29 is 19.1 Å². The quantitative estimate of drug-likeness (QED) is 0.575. The van der Waals surface area contributed by atoms with Crippen LogP contribution in [0.1, 0.15) is 32.1 Å². The van der Waals surface area contributed by atoms with Gasteiger partial charge < -0.3 is 9.47 Å². The molecule has 3 atom stereocenters. The van der Waals surface area contributed by atoms with E-state index in [0.29, 0.717) is 24.7 Å². The third-order valence-electron chi connectivity index (χ3n) is 5.12. The Labute approximate surface area is 138 Å². The Morgan fingerprint density at radius 1 is 1.19 bits per heavy atom. The van der Waals surface area contributed by atoms with Crippen LogP contribution in [0.15, 0.2) is 0 Å². The highest BCUT2D eigenvalue weighted by atomic mass is 35.6. The van der Waals surface area contributed by atoms with Gasteiger partial charge in [0.05, 0.1) is 5.92 Å². The molecule has 0 aromatic heterocycles. The summed E-state index contributed by atoms with van der Waals surface area (Å²) in [7, 11) is 0. The Morgan fingerprint density at radius 3 is 2.33 bits per heavy atom. The second-order valence-electron chi connectivity index (χ2n) is 6.56. The minimum Gasteiger partial charge on any atom is -0.461 e. The summed E-state index contributed by atoms with van der Waals surface area (Å²) in [6, 6.07) is 0. The van der Waals surface area contributed by atoms with Crippen molar-refractivity contribution in [2.75, 3.05) is 6.61 Å². The van der Waals surface area contributed by atoms with Crippen LogP contribution in [0.4, 0.5) is 0 Å². The lowest BCUT2D eigenvalue weighted by Crippen LogP contribution is -2.61. The Bertz CT molecular complexity index is 434. The smallest absolute Gasteiger partial charge is 0.418 e. The van der Waals surface area contributed by atoms with Crippen molar-refractivity contribution in [3.05, 3.63) is 0 Å². The average Bonchev–Trinajstić information content (AvgIpc) is 2.34. The first-order valence-corrected chi connectivity index (χ1v) is 8.25. The number of carbonyl (C=O) groups is 1. The van der Waals surface area contributed by atoms with Crippen molar-refractivity contribution in [1.82, 2.24) is 0 Å². The number of halogens is 3. The molecule has 117 valence electrons. The second-order valence-corrected chi connectivity index (χ2v) is 9.07. The van der Waals surface area contributed by atoms with Crippen LogP contribution in [0, 0.1) is 23.7 Å². The summed E-state index contributed by atoms with van der Waals surface area (Å²) in [6.45, 7) is 1.25. The number of esters is 1. The molecule has 0 saturated heterocycles. The molecule has 3 unspecified atom stereocenters. The van der Waals surface area contributed by atoms with E-state index < -0.39 is 21.3 Å². The van der Waals surface area contributed by atoms with Crippen molar-refractivity contribution >= 4 is 47.2 Å². The molecule has 21 heavy (non-hydrogen) atoms. The van der Waals surface area contributed by atoms with Crippen molar-refractivity contribution in [1.29, 1.82) is 0 Å². The van der Waals surface area contributed by atoms with Crippen molar-refractivity contribution in [2.24, 2.45) is 23.7 Å². The summed E-state index contributed by atoms with van der Waals surface area (Å²) in [5.41, 5.74) is -0.763. The summed E-state index contributed by atoms with van der Waals surface area (Å²) in [5, 5.41) is 0. The van der Waals surface area contributed by atoms with E-state index in [1.165, 1.54) is 0 Å². The molecule has 1 radical (unpaired) electrons. The molecule has 0 aromatic rings. The molecule has 4 aliphatic rings. The number of carbonyl (C=O) groups excluding carboxylic acids is 2. The molecule has 0 aliphatic heterocycles. The Morgan fingerprint density at radius 2 is 1.81 bits per heavy atom. The number of alkyl halides is 3. The number of ether oxygens (including phenoxy) is 2. The zero-order valence-electron chi connectivity index (χ0n) is 11.3. The molecule has 0 amide bonds. The predicted octanol–water partition coefficient (Wildman–Crippen LogP) is 3.18. The van der Waals surface area contributed by atoms with E-state index in [2.05, 4.69) is 0 Å². The van der Waals surface area contributed by atoms with Crippen LogP contribution in [0.5, 0.6) is 0 Å². The van der Waals surface area contributed by atoms with Gasteiger partial charge in [-0.05, 0) is 49.9 Å².